The summed E-state index contributed by atoms with van der Waals surface area (Å²) in [4.78, 5) is 26.4. The smallest absolute Gasteiger partial charge is 0.243 e. The summed E-state index contributed by atoms with van der Waals surface area (Å²) in [5.41, 5.74) is 7.71. The molecule has 0 bridgehead atoms. The molecule has 1 saturated heterocycles. The van der Waals surface area contributed by atoms with Gasteiger partial charge in [0.2, 0.25) is 11.8 Å². The third kappa shape index (κ3) is 5.44. The number of ether oxygens (including phenoxy) is 1. The molecule has 2 rings (SSSR count). The zero-order chi connectivity index (χ0) is 19.3. The molecule has 1 heterocycles. The highest BCUT2D eigenvalue weighted by Gasteiger charge is 2.33. The Hall–Kier alpha value is -2.12. The van der Waals surface area contributed by atoms with Crippen molar-refractivity contribution in [3.05, 3.63) is 23.8 Å². The summed E-state index contributed by atoms with van der Waals surface area (Å²) >= 11 is 0. The van der Waals surface area contributed by atoms with E-state index in [0.717, 1.165) is 25.1 Å². The number of nitrogens with two attached hydrogens (primary N) is 1. The first-order chi connectivity index (χ1) is 12.2. The SMILES string of the molecule is COc1ccc(C)cc1NC(=O)CNC(=O)CN1CCC(N)C(C)(C)C1. The molecule has 1 unspecified atom stereocenters. The van der Waals surface area contributed by atoms with Crippen LogP contribution in [0.3, 0.4) is 0 Å². The zero-order valence-electron chi connectivity index (χ0n) is 16.1. The highest BCUT2D eigenvalue weighted by atomic mass is 16.5. The average molecular weight is 362 g/mol. The lowest BCUT2D eigenvalue weighted by Gasteiger charge is -2.42. The van der Waals surface area contributed by atoms with E-state index in [0.29, 0.717) is 11.4 Å². The van der Waals surface area contributed by atoms with Crippen LogP contribution in [0.5, 0.6) is 5.75 Å². The summed E-state index contributed by atoms with van der Waals surface area (Å²) in [5.74, 6) is 0.132. The number of carbonyl (C=O) groups excluding carboxylic acids is 2. The molecule has 2 amide bonds. The summed E-state index contributed by atoms with van der Waals surface area (Å²) in [6.07, 6.45) is 0.869. The van der Waals surface area contributed by atoms with Gasteiger partial charge in [0.1, 0.15) is 5.75 Å². The lowest BCUT2D eigenvalue weighted by atomic mass is 9.80. The summed E-state index contributed by atoms with van der Waals surface area (Å²) in [7, 11) is 1.55. The number of likely N-dealkylation sites (tertiary alicyclic amines) is 1. The molecule has 1 aromatic rings. The number of hydrogen-bond donors (Lipinski definition) is 3. The molecular weight excluding hydrogens is 332 g/mol. The van der Waals surface area contributed by atoms with Gasteiger partial charge in [0.05, 0.1) is 25.9 Å². The Morgan fingerprint density at radius 1 is 1.35 bits per heavy atom. The van der Waals surface area contributed by atoms with Crippen molar-refractivity contribution in [3.8, 4) is 5.75 Å². The number of aryl methyl sites for hydroxylation is 1. The second-order valence-electron chi connectivity index (χ2n) is 7.62. The van der Waals surface area contributed by atoms with Crippen molar-refractivity contribution in [2.45, 2.75) is 33.2 Å². The minimum atomic E-state index is -0.289. The number of hydrogen-bond acceptors (Lipinski definition) is 5. The van der Waals surface area contributed by atoms with Crippen molar-refractivity contribution in [3.63, 3.8) is 0 Å². The Kier molecular flexibility index (Phi) is 6.61. The second-order valence-corrected chi connectivity index (χ2v) is 7.62. The van der Waals surface area contributed by atoms with E-state index in [4.69, 9.17) is 10.5 Å². The highest BCUT2D eigenvalue weighted by molar-refractivity contribution is 5.96. The first-order valence-electron chi connectivity index (χ1n) is 8.90. The van der Waals surface area contributed by atoms with Gasteiger partial charge in [0, 0.05) is 19.1 Å². The number of benzene rings is 1. The molecule has 4 N–H and O–H groups in total. The van der Waals surface area contributed by atoms with Crippen molar-refractivity contribution in [2.24, 2.45) is 11.1 Å². The van der Waals surface area contributed by atoms with Gasteiger partial charge >= 0.3 is 0 Å². The number of nitrogens with zero attached hydrogens (tertiary/aromatic N) is 1. The Morgan fingerprint density at radius 2 is 2.08 bits per heavy atom. The standard InChI is InChI=1S/C19H30N4O3/c1-13-5-6-15(26-4)14(9-13)22-17(24)10-21-18(25)11-23-8-7-16(20)19(2,3)12-23/h5-6,9,16H,7-8,10-12,20H2,1-4H3,(H,21,25)(H,22,24). The molecule has 0 aliphatic carbocycles. The van der Waals surface area contributed by atoms with Gasteiger partial charge in [-0.25, -0.2) is 0 Å². The first kappa shape index (κ1) is 20.2. The zero-order valence-corrected chi connectivity index (χ0v) is 16.1. The fraction of sp³-hybridized carbons (Fsp3) is 0.579. The highest BCUT2D eigenvalue weighted by Crippen LogP contribution is 2.27. The number of amides is 2. The van der Waals surface area contributed by atoms with Crippen molar-refractivity contribution < 1.29 is 14.3 Å². The van der Waals surface area contributed by atoms with Gasteiger partial charge in [0.25, 0.3) is 0 Å². The topological polar surface area (TPSA) is 96.7 Å². The summed E-state index contributed by atoms with van der Waals surface area (Å²) in [6.45, 7) is 7.93. The molecular formula is C19H30N4O3. The predicted molar refractivity (Wildman–Crippen MR) is 102 cm³/mol. The van der Waals surface area contributed by atoms with Crippen LogP contribution in [-0.2, 0) is 9.59 Å². The van der Waals surface area contributed by atoms with E-state index < -0.39 is 0 Å². The van der Waals surface area contributed by atoms with Crippen LogP contribution in [0.1, 0.15) is 25.8 Å². The van der Waals surface area contributed by atoms with E-state index in [1.54, 1.807) is 13.2 Å². The normalized spacial score (nSPS) is 19.7. The van der Waals surface area contributed by atoms with Crippen molar-refractivity contribution in [1.29, 1.82) is 0 Å². The molecule has 26 heavy (non-hydrogen) atoms. The van der Waals surface area contributed by atoms with Gasteiger partial charge in [-0.3, -0.25) is 14.5 Å². The molecule has 0 saturated carbocycles. The van der Waals surface area contributed by atoms with Crippen LogP contribution < -0.4 is 21.1 Å². The number of anilines is 1. The van der Waals surface area contributed by atoms with E-state index >= 15 is 0 Å². The predicted octanol–water partition coefficient (Wildman–Crippen LogP) is 1.12. The van der Waals surface area contributed by atoms with Crippen LogP contribution in [0.4, 0.5) is 5.69 Å². The Morgan fingerprint density at radius 3 is 2.73 bits per heavy atom. The van der Waals surface area contributed by atoms with E-state index in [9.17, 15) is 9.59 Å². The molecule has 0 radical (unpaired) electrons. The molecule has 1 aliphatic heterocycles. The van der Waals surface area contributed by atoms with E-state index in [-0.39, 0.29) is 36.4 Å². The Bertz CT molecular complexity index is 660. The first-order valence-corrected chi connectivity index (χ1v) is 8.90. The molecule has 7 heteroatoms. The van der Waals surface area contributed by atoms with Crippen LogP contribution in [0.2, 0.25) is 0 Å². The van der Waals surface area contributed by atoms with E-state index in [1.165, 1.54) is 0 Å². The van der Waals surface area contributed by atoms with Gasteiger partial charge in [-0.05, 0) is 36.5 Å². The molecule has 1 atom stereocenters. The number of methoxy groups -OCH3 is 1. The van der Waals surface area contributed by atoms with Crippen LogP contribution in [0.25, 0.3) is 0 Å². The number of nitrogens with one attached hydrogen (secondary N) is 2. The third-order valence-electron chi connectivity index (χ3n) is 4.83. The average Bonchev–Trinajstić information content (AvgIpc) is 2.56. The van der Waals surface area contributed by atoms with Crippen LogP contribution >= 0.6 is 0 Å². The van der Waals surface area contributed by atoms with Gasteiger partial charge in [-0.1, -0.05) is 19.9 Å². The monoisotopic (exact) mass is 362 g/mol. The molecule has 144 valence electrons. The molecule has 1 fully saturated rings. The maximum absolute atomic E-state index is 12.1. The molecule has 0 aromatic heterocycles. The van der Waals surface area contributed by atoms with Crippen LogP contribution in [-0.4, -0.2) is 56.0 Å². The number of piperidine rings is 1. The summed E-state index contributed by atoms with van der Waals surface area (Å²) in [5, 5.41) is 5.45. The maximum Gasteiger partial charge on any atom is 0.243 e. The van der Waals surface area contributed by atoms with Gasteiger partial charge in [-0.15, -0.1) is 0 Å². The minimum Gasteiger partial charge on any atom is -0.495 e. The van der Waals surface area contributed by atoms with Gasteiger partial charge in [-0.2, -0.15) is 0 Å². The van der Waals surface area contributed by atoms with Crippen LogP contribution in [0.15, 0.2) is 18.2 Å². The van der Waals surface area contributed by atoms with E-state index in [2.05, 4.69) is 29.4 Å². The van der Waals surface area contributed by atoms with Crippen molar-refractivity contribution >= 4 is 17.5 Å². The second kappa shape index (κ2) is 8.51. The van der Waals surface area contributed by atoms with Crippen molar-refractivity contribution in [1.82, 2.24) is 10.2 Å². The number of rotatable bonds is 6. The lowest BCUT2D eigenvalue weighted by molar-refractivity contribution is -0.125. The van der Waals surface area contributed by atoms with E-state index in [1.807, 2.05) is 19.1 Å². The van der Waals surface area contributed by atoms with Gasteiger partial charge in [0.15, 0.2) is 0 Å². The minimum absolute atomic E-state index is 0.0162. The van der Waals surface area contributed by atoms with Crippen molar-refractivity contribution in [2.75, 3.05) is 38.6 Å². The fourth-order valence-corrected chi connectivity index (χ4v) is 3.17. The summed E-state index contributed by atoms with van der Waals surface area (Å²) in [6, 6.07) is 5.68. The fourth-order valence-electron chi connectivity index (χ4n) is 3.17. The molecule has 1 aromatic carbocycles. The Balaban J connectivity index is 1.80. The van der Waals surface area contributed by atoms with Crippen LogP contribution in [0, 0.1) is 12.3 Å². The Labute approximate surface area is 155 Å². The summed E-state index contributed by atoms with van der Waals surface area (Å²) < 4.78 is 5.24. The maximum atomic E-state index is 12.1. The molecule has 1 aliphatic rings. The lowest BCUT2D eigenvalue weighted by Crippen LogP contribution is -2.54. The molecule has 7 nitrogen and oxygen atoms in total. The third-order valence-corrected chi connectivity index (χ3v) is 4.83. The quantitative estimate of drug-likeness (QED) is 0.705. The number of carbonyl (C=O) groups is 2. The largest absolute Gasteiger partial charge is 0.495 e. The van der Waals surface area contributed by atoms with Gasteiger partial charge < -0.3 is 21.1 Å². The molecule has 0 spiro atoms.